The lowest BCUT2D eigenvalue weighted by Crippen LogP contribution is -2.61. The van der Waals surface area contributed by atoms with Gasteiger partial charge in [-0.05, 0) is 44.9 Å². The van der Waals surface area contributed by atoms with E-state index < -0.39 is 80.7 Å². The lowest BCUT2D eigenvalue weighted by atomic mass is 9.98. The van der Waals surface area contributed by atoms with Crippen molar-refractivity contribution in [3.05, 3.63) is 36.5 Å². The summed E-state index contributed by atoms with van der Waals surface area (Å²) >= 11 is 0. The maximum atomic E-state index is 13.0. The second-order valence-corrected chi connectivity index (χ2v) is 17.6. The second kappa shape index (κ2) is 38.2. The molecule has 0 amide bonds. The summed E-state index contributed by atoms with van der Waals surface area (Å²) in [5.74, 6) is -0.380. The van der Waals surface area contributed by atoms with Crippen molar-refractivity contribution < 1.29 is 69.0 Å². The Bertz CT molecular complexity index is 1200. The van der Waals surface area contributed by atoms with E-state index in [0.717, 1.165) is 64.2 Å². The monoisotopic (exact) mass is 915 g/mol. The number of aliphatic hydroxyl groups is 7. The molecule has 2 aliphatic rings. The van der Waals surface area contributed by atoms with Crippen molar-refractivity contribution in [1.82, 2.24) is 0 Å². The summed E-state index contributed by atoms with van der Waals surface area (Å²) < 4.78 is 34.2. The summed E-state index contributed by atoms with van der Waals surface area (Å²) in [4.78, 5) is 13.0. The van der Waals surface area contributed by atoms with E-state index in [9.17, 15) is 40.5 Å². The van der Waals surface area contributed by atoms with E-state index in [4.69, 9.17) is 28.4 Å². The molecule has 2 aliphatic heterocycles. The molecule has 11 atom stereocenters. The van der Waals surface area contributed by atoms with Crippen LogP contribution in [0.4, 0.5) is 0 Å². The van der Waals surface area contributed by atoms with Crippen LogP contribution in [0.2, 0.25) is 0 Å². The van der Waals surface area contributed by atoms with Crippen LogP contribution in [0, 0.1) is 0 Å². The quantitative estimate of drug-likeness (QED) is 0.0188. The molecule has 374 valence electrons. The highest BCUT2D eigenvalue weighted by Gasteiger charge is 2.47. The highest BCUT2D eigenvalue weighted by atomic mass is 16.7. The average molecular weight is 915 g/mol. The number of allylic oxidation sites excluding steroid dienone is 6. The number of hydrogen-bond acceptors (Lipinski definition) is 14. The Hall–Kier alpha value is -1.79. The van der Waals surface area contributed by atoms with Crippen molar-refractivity contribution in [3.8, 4) is 0 Å². The molecule has 0 aromatic rings. The molecule has 2 heterocycles. The molecule has 0 aliphatic carbocycles. The minimum atomic E-state index is -1.71. The van der Waals surface area contributed by atoms with Gasteiger partial charge in [-0.1, -0.05) is 159 Å². The Kier molecular flexibility index (Phi) is 34.8. The number of esters is 1. The van der Waals surface area contributed by atoms with Crippen LogP contribution >= 0.6 is 0 Å². The van der Waals surface area contributed by atoms with Crippen LogP contribution in [0.5, 0.6) is 0 Å². The van der Waals surface area contributed by atoms with Gasteiger partial charge in [-0.2, -0.15) is 0 Å². The SMILES string of the molecule is CC/C=C\C/C=C\C/C=C\CCCCCCCCCCOCC(COC1OC(COC2OC(CO)C(O)C(O)C2O)C(O)C(O)C1O)OC(=O)CCCCCCCCCCCCCC. The lowest BCUT2D eigenvalue weighted by molar-refractivity contribution is -0.332. The van der Waals surface area contributed by atoms with Crippen LogP contribution in [0.25, 0.3) is 0 Å². The number of ether oxygens (including phenoxy) is 6. The maximum Gasteiger partial charge on any atom is 0.306 e. The van der Waals surface area contributed by atoms with Crippen molar-refractivity contribution >= 4 is 5.97 Å². The van der Waals surface area contributed by atoms with Gasteiger partial charge >= 0.3 is 5.97 Å². The van der Waals surface area contributed by atoms with E-state index in [1.807, 2.05) is 0 Å². The first-order valence-electron chi connectivity index (χ1n) is 25.1. The Morgan fingerprint density at radius 1 is 0.531 bits per heavy atom. The predicted octanol–water partition coefficient (Wildman–Crippen LogP) is 7.02. The normalized spacial score (nSPS) is 27.0. The Morgan fingerprint density at radius 2 is 1.02 bits per heavy atom. The summed E-state index contributed by atoms with van der Waals surface area (Å²) in [5.41, 5.74) is 0. The lowest BCUT2D eigenvalue weighted by Gasteiger charge is -2.42. The smallest absolute Gasteiger partial charge is 0.306 e. The number of carbonyl (C=O) groups is 1. The fraction of sp³-hybridized carbons (Fsp3) is 0.860. The molecule has 14 heteroatoms. The summed E-state index contributed by atoms with van der Waals surface area (Å²) in [6, 6.07) is 0. The van der Waals surface area contributed by atoms with Gasteiger partial charge in [-0.25, -0.2) is 0 Å². The number of hydrogen-bond donors (Lipinski definition) is 7. The van der Waals surface area contributed by atoms with Gasteiger partial charge in [0, 0.05) is 13.0 Å². The first-order valence-corrected chi connectivity index (χ1v) is 25.1. The van der Waals surface area contributed by atoms with Crippen molar-refractivity contribution in [2.45, 2.75) is 242 Å². The zero-order chi connectivity index (χ0) is 46.6. The Balaban J connectivity index is 1.77. The zero-order valence-corrected chi connectivity index (χ0v) is 39.5. The molecular formula is C50H90O14. The molecule has 2 fully saturated rings. The topological polar surface area (TPSA) is 214 Å². The summed E-state index contributed by atoms with van der Waals surface area (Å²) in [6.45, 7) is 3.56. The van der Waals surface area contributed by atoms with Crippen LogP contribution in [-0.2, 0) is 33.2 Å². The molecule has 0 spiro atoms. The molecule has 0 bridgehead atoms. The molecule has 0 radical (unpaired) electrons. The molecule has 0 aromatic carbocycles. The molecule has 14 nitrogen and oxygen atoms in total. The first-order chi connectivity index (χ1) is 31.1. The van der Waals surface area contributed by atoms with Gasteiger partial charge in [0.2, 0.25) is 0 Å². The van der Waals surface area contributed by atoms with Crippen molar-refractivity contribution in [3.63, 3.8) is 0 Å². The van der Waals surface area contributed by atoms with Gasteiger partial charge in [0.05, 0.1) is 26.4 Å². The summed E-state index contributed by atoms with van der Waals surface area (Å²) in [6.07, 6.45) is 24.9. The van der Waals surface area contributed by atoms with Gasteiger partial charge in [0.1, 0.15) is 54.9 Å². The van der Waals surface area contributed by atoms with Crippen molar-refractivity contribution in [2.24, 2.45) is 0 Å². The third-order valence-electron chi connectivity index (χ3n) is 11.9. The number of unbranched alkanes of at least 4 members (excludes halogenated alkanes) is 19. The van der Waals surface area contributed by atoms with E-state index >= 15 is 0 Å². The molecule has 7 N–H and O–H groups in total. The number of carbonyl (C=O) groups excluding carboxylic acids is 1. The van der Waals surface area contributed by atoms with Crippen LogP contribution in [0.3, 0.4) is 0 Å². The number of rotatable bonds is 39. The molecule has 0 saturated carbocycles. The van der Waals surface area contributed by atoms with E-state index in [-0.39, 0.29) is 25.6 Å². The Labute approximate surface area is 385 Å². The maximum absolute atomic E-state index is 13.0. The van der Waals surface area contributed by atoms with Crippen LogP contribution in [-0.4, -0.2) is 142 Å². The standard InChI is InChI=1S/C50H90O14/c1-3-5-7-9-11-13-15-17-18-19-20-21-22-24-26-28-30-32-34-59-36-39(62-42(52)33-31-29-27-25-23-16-14-12-10-8-6-4-2)37-60-49-48(58)46(56)44(54)41(64-49)38-61-50-47(57)45(55)43(53)40(35-51)63-50/h5,7,11,13,17-18,39-41,43-51,53-58H,3-4,6,8-10,12,14-16,19-38H2,1-2H3/b7-5-,13-11-,18-17-. The molecular weight excluding hydrogens is 825 g/mol. The van der Waals surface area contributed by atoms with E-state index in [0.29, 0.717) is 13.0 Å². The van der Waals surface area contributed by atoms with Crippen LogP contribution in [0.1, 0.15) is 174 Å². The number of aliphatic hydroxyl groups excluding tert-OH is 7. The van der Waals surface area contributed by atoms with Crippen molar-refractivity contribution in [2.75, 3.05) is 33.0 Å². The van der Waals surface area contributed by atoms with Crippen LogP contribution in [0.15, 0.2) is 36.5 Å². The van der Waals surface area contributed by atoms with Gasteiger partial charge in [-0.3, -0.25) is 4.79 Å². The molecule has 2 saturated heterocycles. The average Bonchev–Trinajstić information content (AvgIpc) is 3.29. The van der Waals surface area contributed by atoms with Gasteiger partial charge in [-0.15, -0.1) is 0 Å². The fourth-order valence-electron chi connectivity index (χ4n) is 7.83. The van der Waals surface area contributed by atoms with Crippen LogP contribution < -0.4 is 0 Å². The molecule has 0 aromatic heterocycles. The minimum Gasteiger partial charge on any atom is -0.457 e. The minimum absolute atomic E-state index is 0.0584. The fourth-order valence-corrected chi connectivity index (χ4v) is 7.83. The van der Waals surface area contributed by atoms with Crippen molar-refractivity contribution in [1.29, 1.82) is 0 Å². The van der Waals surface area contributed by atoms with E-state index in [2.05, 4.69) is 50.3 Å². The van der Waals surface area contributed by atoms with Gasteiger partial charge in [0.25, 0.3) is 0 Å². The third-order valence-corrected chi connectivity index (χ3v) is 11.9. The largest absolute Gasteiger partial charge is 0.457 e. The van der Waals surface area contributed by atoms with Gasteiger partial charge in [0.15, 0.2) is 12.6 Å². The predicted molar refractivity (Wildman–Crippen MR) is 247 cm³/mol. The highest BCUT2D eigenvalue weighted by molar-refractivity contribution is 5.69. The summed E-state index contributed by atoms with van der Waals surface area (Å²) in [7, 11) is 0. The molecule has 11 unspecified atom stereocenters. The van der Waals surface area contributed by atoms with E-state index in [1.54, 1.807) is 0 Å². The summed E-state index contributed by atoms with van der Waals surface area (Å²) in [5, 5.41) is 72.0. The second-order valence-electron chi connectivity index (χ2n) is 17.6. The molecule has 64 heavy (non-hydrogen) atoms. The third kappa shape index (κ3) is 25.9. The highest BCUT2D eigenvalue weighted by Crippen LogP contribution is 2.26. The Morgan fingerprint density at radius 3 is 1.59 bits per heavy atom. The van der Waals surface area contributed by atoms with E-state index in [1.165, 1.54) is 83.5 Å². The first kappa shape index (κ1) is 58.3. The molecule has 2 rings (SSSR count). The van der Waals surface area contributed by atoms with Gasteiger partial charge < -0.3 is 64.2 Å². The zero-order valence-electron chi connectivity index (χ0n) is 39.5.